The van der Waals surface area contributed by atoms with Crippen LogP contribution in [0.4, 0.5) is 5.82 Å². The molecule has 0 aliphatic carbocycles. The summed E-state index contributed by atoms with van der Waals surface area (Å²) in [5.74, 6) is 1.56. The Hall–Kier alpha value is -1.84. The maximum Gasteiger partial charge on any atom is 0.354 e. The summed E-state index contributed by atoms with van der Waals surface area (Å²) >= 11 is 3.26. The second kappa shape index (κ2) is 9.75. The standard InChI is InChI=1S/C22H29N3O3S3/c1-6-7-18-16(5)30-21(29-13-12-14(2)3)19-20(23-22(26)25(18)19)24-31(27,28)17-10-8-15(4)9-11-17/h8-11,14H,6-7,12-13H2,1-5H3,(H,23,24,26). The van der Waals surface area contributed by atoms with Gasteiger partial charge in [0.15, 0.2) is 5.82 Å². The molecule has 1 aromatic carbocycles. The Kier molecular flexibility index (Phi) is 7.49. The lowest BCUT2D eigenvalue weighted by atomic mass is 10.2. The third-order valence-electron chi connectivity index (χ3n) is 4.94. The third-order valence-corrected chi connectivity index (χ3v) is 8.71. The van der Waals surface area contributed by atoms with Crippen LogP contribution in [0.3, 0.4) is 0 Å². The number of rotatable bonds is 9. The van der Waals surface area contributed by atoms with Gasteiger partial charge >= 0.3 is 5.69 Å². The van der Waals surface area contributed by atoms with Crippen molar-refractivity contribution in [2.45, 2.75) is 63.0 Å². The SMILES string of the molecule is CCCc1c(C)sc(SCCC(C)C)c2c(NS(=O)(=O)c3ccc(C)cc3)nc(=O)n1-2. The normalized spacial score (nSPS) is 12.1. The van der Waals surface area contributed by atoms with E-state index in [0.29, 0.717) is 11.6 Å². The lowest BCUT2D eigenvalue weighted by Crippen LogP contribution is -2.19. The van der Waals surface area contributed by atoms with Gasteiger partial charge in [-0.05, 0) is 50.5 Å². The molecule has 6 nitrogen and oxygen atoms in total. The molecule has 0 saturated heterocycles. The fourth-order valence-corrected chi connectivity index (χ4v) is 7.07. The van der Waals surface area contributed by atoms with Crippen molar-refractivity contribution in [3.8, 4) is 5.69 Å². The molecule has 2 heterocycles. The number of fused-ring (bicyclic) bond motifs is 1. The summed E-state index contributed by atoms with van der Waals surface area (Å²) in [6.45, 7) is 10.3. The predicted molar refractivity (Wildman–Crippen MR) is 130 cm³/mol. The van der Waals surface area contributed by atoms with Crippen LogP contribution < -0.4 is 10.4 Å². The lowest BCUT2D eigenvalue weighted by Gasteiger charge is -2.18. The van der Waals surface area contributed by atoms with Gasteiger partial charge in [0, 0.05) is 10.6 Å². The molecule has 0 fully saturated rings. The van der Waals surface area contributed by atoms with Gasteiger partial charge < -0.3 is 0 Å². The van der Waals surface area contributed by atoms with Gasteiger partial charge in [0.05, 0.1) is 9.10 Å². The van der Waals surface area contributed by atoms with E-state index >= 15 is 0 Å². The zero-order valence-electron chi connectivity index (χ0n) is 18.6. The molecule has 0 atom stereocenters. The highest BCUT2D eigenvalue weighted by atomic mass is 32.2. The van der Waals surface area contributed by atoms with E-state index in [2.05, 4.69) is 30.5 Å². The maximum atomic E-state index is 13.0. The second-order valence-corrected chi connectivity index (χ2v) is 12.3. The monoisotopic (exact) mass is 479 g/mol. The summed E-state index contributed by atoms with van der Waals surface area (Å²) in [6, 6.07) is 6.61. The molecular formula is C22H29N3O3S3. The number of nitrogens with zero attached hydrogens (tertiary/aromatic N) is 2. The Labute approximate surface area is 192 Å². The molecule has 0 bridgehead atoms. The number of benzene rings is 1. The Bertz CT molecular complexity index is 1180. The van der Waals surface area contributed by atoms with Gasteiger partial charge in [0.25, 0.3) is 10.0 Å². The fraction of sp³-hybridized carbons (Fsp3) is 0.455. The van der Waals surface area contributed by atoms with E-state index in [4.69, 9.17) is 0 Å². The molecule has 1 aromatic rings. The molecule has 3 rings (SSSR count). The zero-order chi connectivity index (χ0) is 22.8. The first-order valence-electron chi connectivity index (χ1n) is 10.4. The highest BCUT2D eigenvalue weighted by molar-refractivity contribution is 8.01. The number of thioether (sulfide) groups is 1. The topological polar surface area (TPSA) is 81.1 Å². The lowest BCUT2D eigenvalue weighted by molar-refractivity contribution is 0.601. The average Bonchev–Trinajstić information content (AvgIpc) is 3.00. The Morgan fingerprint density at radius 1 is 1.19 bits per heavy atom. The zero-order valence-corrected chi connectivity index (χ0v) is 21.0. The third kappa shape index (κ3) is 5.32. The number of sulfonamides is 1. The van der Waals surface area contributed by atoms with E-state index in [1.54, 1.807) is 51.9 Å². The number of hydrogen-bond acceptors (Lipinski definition) is 6. The molecule has 0 spiro atoms. The molecule has 31 heavy (non-hydrogen) atoms. The van der Waals surface area contributed by atoms with Crippen LogP contribution in [0.15, 0.2) is 38.2 Å². The molecule has 0 saturated carbocycles. The Morgan fingerprint density at radius 3 is 2.48 bits per heavy atom. The first kappa shape index (κ1) is 23.8. The second-order valence-electron chi connectivity index (χ2n) is 8.02. The molecule has 9 heteroatoms. The number of aryl methyl sites for hydroxylation is 2. The summed E-state index contributed by atoms with van der Waals surface area (Å²) in [7, 11) is -3.86. The minimum absolute atomic E-state index is 0.103. The van der Waals surface area contributed by atoms with Crippen LogP contribution in [0, 0.1) is 19.8 Å². The van der Waals surface area contributed by atoms with Crippen molar-refractivity contribution in [1.82, 2.24) is 9.55 Å². The van der Waals surface area contributed by atoms with Gasteiger partial charge in [-0.1, -0.05) is 44.9 Å². The quantitative estimate of drug-likeness (QED) is 0.425. The number of hydrogen-bond donors (Lipinski definition) is 1. The van der Waals surface area contributed by atoms with Gasteiger partial charge in [0.1, 0.15) is 5.69 Å². The van der Waals surface area contributed by atoms with Crippen LogP contribution in [0.2, 0.25) is 0 Å². The Morgan fingerprint density at radius 2 is 1.87 bits per heavy atom. The van der Waals surface area contributed by atoms with Crippen molar-refractivity contribution in [2.24, 2.45) is 5.92 Å². The predicted octanol–water partition coefficient (Wildman–Crippen LogP) is 5.24. The van der Waals surface area contributed by atoms with E-state index in [9.17, 15) is 13.2 Å². The van der Waals surface area contributed by atoms with Gasteiger partial charge in [-0.3, -0.25) is 9.29 Å². The smallest absolute Gasteiger partial charge is 0.261 e. The maximum absolute atomic E-state index is 13.0. The van der Waals surface area contributed by atoms with Crippen molar-refractivity contribution in [3.05, 3.63) is 50.9 Å². The van der Waals surface area contributed by atoms with Crippen LogP contribution in [0.5, 0.6) is 0 Å². The van der Waals surface area contributed by atoms with Crippen molar-refractivity contribution >= 4 is 38.9 Å². The summed E-state index contributed by atoms with van der Waals surface area (Å²) in [5, 5.41) is 0. The van der Waals surface area contributed by atoms with Crippen molar-refractivity contribution in [3.63, 3.8) is 0 Å². The molecule has 2 aliphatic heterocycles. The van der Waals surface area contributed by atoms with Crippen LogP contribution in [0.1, 0.15) is 49.7 Å². The van der Waals surface area contributed by atoms with Crippen molar-refractivity contribution in [2.75, 3.05) is 10.5 Å². The Balaban J connectivity index is 2.10. The van der Waals surface area contributed by atoms with Crippen LogP contribution in [-0.4, -0.2) is 23.7 Å². The number of imidazole rings is 1. The van der Waals surface area contributed by atoms with Crippen molar-refractivity contribution in [1.29, 1.82) is 0 Å². The van der Waals surface area contributed by atoms with Gasteiger partial charge in [-0.15, -0.1) is 23.1 Å². The largest absolute Gasteiger partial charge is 0.354 e. The highest BCUT2D eigenvalue weighted by Gasteiger charge is 2.27. The number of aromatic nitrogens is 2. The van der Waals surface area contributed by atoms with E-state index in [1.807, 2.05) is 13.8 Å². The summed E-state index contributed by atoms with van der Waals surface area (Å²) in [5.41, 5.74) is 1.99. The fourth-order valence-electron chi connectivity index (χ4n) is 3.23. The molecule has 168 valence electrons. The van der Waals surface area contributed by atoms with Gasteiger partial charge in [-0.2, -0.15) is 4.98 Å². The van der Waals surface area contributed by atoms with E-state index in [1.165, 1.54) is 0 Å². The van der Waals surface area contributed by atoms with E-state index in [-0.39, 0.29) is 10.7 Å². The summed E-state index contributed by atoms with van der Waals surface area (Å²) < 4.78 is 31.1. The van der Waals surface area contributed by atoms with Gasteiger partial charge in [-0.25, -0.2) is 13.2 Å². The summed E-state index contributed by atoms with van der Waals surface area (Å²) in [4.78, 5) is 18.2. The van der Waals surface area contributed by atoms with E-state index in [0.717, 1.165) is 45.4 Å². The number of anilines is 1. The number of nitrogens with one attached hydrogen (secondary N) is 1. The van der Waals surface area contributed by atoms with Gasteiger partial charge in [0.2, 0.25) is 0 Å². The molecule has 2 aliphatic rings. The molecule has 0 unspecified atom stereocenters. The first-order chi connectivity index (χ1) is 14.6. The summed E-state index contributed by atoms with van der Waals surface area (Å²) in [6.07, 6.45) is 2.64. The molecule has 0 aromatic heterocycles. The molecule has 0 amide bonds. The molecule has 1 N–H and O–H groups in total. The van der Waals surface area contributed by atoms with Crippen LogP contribution in [-0.2, 0) is 16.4 Å². The highest BCUT2D eigenvalue weighted by Crippen LogP contribution is 2.39. The van der Waals surface area contributed by atoms with Crippen LogP contribution in [0.25, 0.3) is 5.69 Å². The average molecular weight is 480 g/mol. The van der Waals surface area contributed by atoms with E-state index < -0.39 is 15.7 Å². The minimum Gasteiger partial charge on any atom is -0.261 e. The molecule has 0 radical (unpaired) electrons. The first-order valence-corrected chi connectivity index (χ1v) is 13.7. The molecular weight excluding hydrogens is 450 g/mol. The van der Waals surface area contributed by atoms with Crippen LogP contribution >= 0.6 is 23.1 Å². The van der Waals surface area contributed by atoms with Crippen molar-refractivity contribution < 1.29 is 8.42 Å². The minimum atomic E-state index is -3.86.